The van der Waals surface area contributed by atoms with E-state index < -0.39 is 17.0 Å². The molecule has 0 aliphatic heterocycles. The van der Waals surface area contributed by atoms with Gasteiger partial charge in [-0.3, -0.25) is 0 Å². The molecule has 9 aromatic carbocycles. The minimum absolute atomic E-state index is 0.357. The van der Waals surface area contributed by atoms with Crippen LogP contribution in [-0.2, 0) is 5.41 Å². The van der Waals surface area contributed by atoms with Gasteiger partial charge in [0.1, 0.15) is 11.6 Å². The summed E-state index contributed by atoms with van der Waals surface area (Å²) in [7, 11) is 0. The molecule has 0 fully saturated rings. The highest BCUT2D eigenvalue weighted by molar-refractivity contribution is 6.12. The fourth-order valence-electron chi connectivity index (χ4n) is 9.83. The second kappa shape index (κ2) is 13.9. The molecule has 0 saturated heterocycles. The van der Waals surface area contributed by atoms with Crippen LogP contribution in [0.15, 0.2) is 194 Å². The number of nitrogens with zero attached hydrogens (tertiary/aromatic N) is 4. The Morgan fingerprint density at radius 3 is 1.49 bits per heavy atom. The van der Waals surface area contributed by atoms with Gasteiger partial charge in [-0.15, -0.1) is 0 Å². The lowest BCUT2D eigenvalue weighted by molar-refractivity contribution is 0.628. The van der Waals surface area contributed by atoms with E-state index in [1.165, 1.54) is 12.1 Å². The molecule has 61 heavy (non-hydrogen) atoms. The summed E-state index contributed by atoms with van der Waals surface area (Å²) in [5.74, 6) is -0.783. The van der Waals surface area contributed by atoms with E-state index in [9.17, 15) is 10.5 Å². The van der Waals surface area contributed by atoms with E-state index >= 15 is 8.78 Å². The third-order valence-corrected chi connectivity index (χ3v) is 12.2. The van der Waals surface area contributed by atoms with Gasteiger partial charge in [0.15, 0.2) is 0 Å². The van der Waals surface area contributed by atoms with Crippen molar-refractivity contribution in [1.29, 1.82) is 10.5 Å². The molecule has 0 heterocycles. The first-order valence-corrected chi connectivity index (χ1v) is 20.0. The maximum absolute atomic E-state index is 16.1. The SMILES string of the molecule is N#Cc1cccc(N(c2ccc3c(c2)C2(c4ccccc4-c4ccccc42)c2cccc4c(N(c5cccc(C#N)c5)c5ccccc5F)ccc-3c24)c2ccccc2F)c1. The lowest BCUT2D eigenvalue weighted by atomic mass is 9.61. The first-order chi connectivity index (χ1) is 30.0. The van der Waals surface area contributed by atoms with Crippen LogP contribution in [0.25, 0.3) is 33.0 Å². The largest absolute Gasteiger partial charge is 0.308 e. The summed E-state index contributed by atoms with van der Waals surface area (Å²) in [6.07, 6.45) is 0. The Balaban J connectivity index is 1.25. The summed E-state index contributed by atoms with van der Waals surface area (Å²) in [4.78, 5) is 3.79. The van der Waals surface area contributed by atoms with Crippen LogP contribution in [0.4, 0.5) is 42.9 Å². The van der Waals surface area contributed by atoms with Crippen LogP contribution >= 0.6 is 0 Å². The lowest BCUT2D eigenvalue weighted by Gasteiger charge is -2.41. The van der Waals surface area contributed by atoms with Gasteiger partial charge in [-0.25, -0.2) is 8.78 Å². The third-order valence-electron chi connectivity index (χ3n) is 12.2. The van der Waals surface area contributed by atoms with Crippen molar-refractivity contribution >= 4 is 44.9 Å². The van der Waals surface area contributed by atoms with Gasteiger partial charge >= 0.3 is 0 Å². The van der Waals surface area contributed by atoms with E-state index in [-0.39, 0.29) is 0 Å². The molecule has 4 nitrogen and oxygen atoms in total. The number of hydrogen-bond donors (Lipinski definition) is 0. The van der Waals surface area contributed by atoms with Crippen LogP contribution in [-0.4, -0.2) is 0 Å². The van der Waals surface area contributed by atoms with E-state index in [2.05, 4.69) is 97.1 Å². The van der Waals surface area contributed by atoms with E-state index in [0.717, 1.165) is 66.7 Å². The molecule has 0 bridgehead atoms. The molecule has 0 amide bonds. The van der Waals surface area contributed by atoms with Gasteiger partial charge in [-0.1, -0.05) is 115 Å². The Labute approximate surface area is 351 Å². The van der Waals surface area contributed by atoms with Crippen LogP contribution in [0.2, 0.25) is 0 Å². The summed E-state index contributed by atoms with van der Waals surface area (Å²) < 4.78 is 32.1. The zero-order valence-corrected chi connectivity index (χ0v) is 32.5. The fourth-order valence-corrected chi connectivity index (χ4v) is 9.83. The van der Waals surface area contributed by atoms with Gasteiger partial charge in [0, 0.05) is 22.4 Å². The molecule has 2 aliphatic carbocycles. The minimum atomic E-state index is -0.831. The average molecular weight is 787 g/mol. The fraction of sp³-hybridized carbons (Fsp3) is 0.0182. The van der Waals surface area contributed by atoms with Crippen LogP contribution in [0.3, 0.4) is 0 Å². The number of benzene rings is 9. The Morgan fingerprint density at radius 1 is 0.377 bits per heavy atom. The standard InChI is InChI=1S/C55H32F2N4/c56-49-22-5-7-24-52(49)60(37-14-9-12-35(30-37)33-58)39-26-27-42-43-28-29-51(61(53-25-8-6-23-50(53)57)38-15-10-13-36(31-38)34-59)44-18-11-21-47(54(43)44)55(48(42)32-39)45-19-3-1-16-40(45)41-17-2-4-20-46(41)55/h1-32H. The Bertz CT molecular complexity index is 3310. The number of halogens is 2. The van der Waals surface area contributed by atoms with Crippen LogP contribution in [0, 0.1) is 34.3 Å². The Kier molecular flexibility index (Phi) is 8.17. The van der Waals surface area contributed by atoms with Gasteiger partial charge in [0.25, 0.3) is 0 Å². The number of rotatable bonds is 6. The van der Waals surface area contributed by atoms with Crippen molar-refractivity contribution in [2.24, 2.45) is 0 Å². The maximum atomic E-state index is 16.1. The molecule has 1 spiro atoms. The summed E-state index contributed by atoms with van der Waals surface area (Å²) in [6.45, 7) is 0. The Morgan fingerprint density at radius 2 is 0.869 bits per heavy atom. The monoisotopic (exact) mass is 786 g/mol. The smallest absolute Gasteiger partial charge is 0.147 e. The van der Waals surface area contributed by atoms with Crippen molar-refractivity contribution < 1.29 is 8.78 Å². The van der Waals surface area contributed by atoms with Crippen LogP contribution < -0.4 is 9.80 Å². The van der Waals surface area contributed by atoms with Crippen molar-refractivity contribution in [3.05, 3.63) is 239 Å². The number of hydrogen-bond acceptors (Lipinski definition) is 4. The summed E-state index contributed by atoms with van der Waals surface area (Å²) >= 11 is 0. The molecule has 0 aromatic heterocycles. The highest BCUT2D eigenvalue weighted by atomic mass is 19.1. The molecule has 0 saturated carbocycles. The van der Waals surface area contributed by atoms with E-state index in [4.69, 9.17) is 0 Å². The van der Waals surface area contributed by atoms with Gasteiger partial charge in [0.2, 0.25) is 0 Å². The van der Waals surface area contributed by atoms with Gasteiger partial charge < -0.3 is 9.80 Å². The summed E-state index contributed by atoms with van der Waals surface area (Å²) in [5.41, 5.74) is 12.2. The van der Waals surface area contributed by atoms with E-state index in [1.54, 1.807) is 48.5 Å². The molecular formula is C55H32F2N4. The maximum Gasteiger partial charge on any atom is 0.147 e. The number of anilines is 6. The first kappa shape index (κ1) is 35.8. The number of fused-ring (bicyclic) bond motifs is 9. The molecule has 0 N–H and O–H groups in total. The molecule has 11 rings (SSSR count). The molecule has 0 atom stereocenters. The second-order valence-electron chi connectivity index (χ2n) is 15.3. The van der Waals surface area contributed by atoms with Crippen LogP contribution in [0.5, 0.6) is 0 Å². The number of para-hydroxylation sites is 2. The quantitative estimate of drug-likeness (QED) is 0.168. The second-order valence-corrected chi connectivity index (χ2v) is 15.3. The van der Waals surface area contributed by atoms with Gasteiger partial charge in [0.05, 0.1) is 45.7 Å². The van der Waals surface area contributed by atoms with Crippen molar-refractivity contribution in [3.8, 4) is 34.4 Å². The minimum Gasteiger partial charge on any atom is -0.308 e. The molecule has 0 radical (unpaired) electrons. The molecular weight excluding hydrogens is 755 g/mol. The van der Waals surface area contributed by atoms with Crippen molar-refractivity contribution in [1.82, 2.24) is 0 Å². The van der Waals surface area contributed by atoms with Gasteiger partial charge in [-0.05, 0) is 129 Å². The molecule has 2 aliphatic rings. The zero-order chi connectivity index (χ0) is 41.2. The zero-order valence-electron chi connectivity index (χ0n) is 32.5. The Hall–Kier alpha value is -8.32. The molecule has 0 unspecified atom stereocenters. The average Bonchev–Trinajstić information content (AvgIpc) is 3.60. The van der Waals surface area contributed by atoms with Crippen molar-refractivity contribution in [3.63, 3.8) is 0 Å². The molecule has 9 aromatic rings. The van der Waals surface area contributed by atoms with Crippen molar-refractivity contribution in [2.75, 3.05) is 9.80 Å². The van der Waals surface area contributed by atoms with Gasteiger partial charge in [-0.2, -0.15) is 10.5 Å². The summed E-state index contributed by atoms with van der Waals surface area (Å²) in [6, 6.07) is 66.4. The molecule has 6 heteroatoms. The predicted octanol–water partition coefficient (Wildman–Crippen LogP) is 14.1. The first-order valence-electron chi connectivity index (χ1n) is 20.0. The van der Waals surface area contributed by atoms with Crippen LogP contribution in [0.1, 0.15) is 33.4 Å². The summed E-state index contributed by atoms with van der Waals surface area (Å²) in [5, 5.41) is 21.8. The lowest BCUT2D eigenvalue weighted by Crippen LogP contribution is -2.32. The molecule has 286 valence electrons. The topological polar surface area (TPSA) is 54.1 Å². The highest BCUT2D eigenvalue weighted by Gasteiger charge is 2.50. The normalized spacial score (nSPS) is 12.5. The highest BCUT2D eigenvalue weighted by Crippen LogP contribution is 2.63. The van der Waals surface area contributed by atoms with E-state index in [1.807, 2.05) is 58.3 Å². The van der Waals surface area contributed by atoms with Crippen molar-refractivity contribution in [2.45, 2.75) is 5.41 Å². The third kappa shape index (κ3) is 5.26. The predicted molar refractivity (Wildman–Crippen MR) is 239 cm³/mol. The number of nitriles is 2. The van der Waals surface area contributed by atoms with E-state index in [0.29, 0.717) is 33.9 Å².